The van der Waals surface area contributed by atoms with Gasteiger partial charge in [0.25, 0.3) is 0 Å². The lowest BCUT2D eigenvalue weighted by Crippen LogP contribution is -1.98. The predicted molar refractivity (Wildman–Crippen MR) is 68.6 cm³/mol. The van der Waals surface area contributed by atoms with Gasteiger partial charge in [-0.2, -0.15) is 0 Å². The highest BCUT2D eigenvalue weighted by Crippen LogP contribution is 2.00. The molecule has 0 aromatic heterocycles. The summed E-state index contributed by atoms with van der Waals surface area (Å²) in [6, 6.07) is 0. The Morgan fingerprint density at radius 1 is 1.18 bits per heavy atom. The molecule has 0 heterocycles. The van der Waals surface area contributed by atoms with Gasteiger partial charge in [-0.1, -0.05) is 18.7 Å². The van der Waals surface area contributed by atoms with Crippen molar-refractivity contribution in [2.45, 2.75) is 33.1 Å². The molecule has 0 aromatic carbocycles. The van der Waals surface area contributed by atoms with Gasteiger partial charge < -0.3 is 4.74 Å². The number of ketones is 1. The summed E-state index contributed by atoms with van der Waals surface area (Å²) in [7, 11) is 0. The zero-order valence-electron chi connectivity index (χ0n) is 10.6. The normalized spacial score (nSPS) is 10.9. The van der Waals surface area contributed by atoms with E-state index < -0.39 is 0 Å². The second-order valence-corrected chi connectivity index (χ2v) is 3.63. The Morgan fingerprint density at radius 3 is 2.29 bits per heavy atom. The van der Waals surface area contributed by atoms with Crippen LogP contribution in [0.4, 0.5) is 0 Å². The second kappa shape index (κ2) is 9.58. The Hall–Kier alpha value is -1.64. The molecule has 0 aromatic rings. The van der Waals surface area contributed by atoms with Crippen molar-refractivity contribution in [2.24, 2.45) is 0 Å². The molecule has 0 saturated heterocycles. The molecule has 17 heavy (non-hydrogen) atoms. The number of allylic oxidation sites excluding steroid dienone is 4. The number of carbonyl (C=O) groups is 2. The van der Waals surface area contributed by atoms with E-state index in [0.29, 0.717) is 12.2 Å². The lowest BCUT2D eigenvalue weighted by molar-refractivity contribution is -0.137. The molecule has 0 aliphatic carbocycles. The average Bonchev–Trinajstić information content (AvgIpc) is 2.27. The first-order valence-electron chi connectivity index (χ1n) is 5.77. The molecule has 0 aliphatic rings. The maximum Gasteiger partial charge on any atom is 0.330 e. The Labute approximate surface area is 103 Å². The summed E-state index contributed by atoms with van der Waals surface area (Å²) in [6.45, 7) is 7.42. The van der Waals surface area contributed by atoms with Crippen LogP contribution in [-0.4, -0.2) is 18.4 Å². The van der Waals surface area contributed by atoms with Crippen LogP contribution < -0.4 is 0 Å². The summed E-state index contributed by atoms with van der Waals surface area (Å²) in [4.78, 5) is 22.1. The molecule has 0 fully saturated rings. The minimum atomic E-state index is -0.305. The van der Waals surface area contributed by atoms with Crippen molar-refractivity contribution in [2.75, 3.05) is 6.61 Å². The van der Waals surface area contributed by atoms with E-state index in [0.717, 1.165) is 19.3 Å². The van der Waals surface area contributed by atoms with Crippen LogP contribution in [0.25, 0.3) is 0 Å². The molecule has 0 radical (unpaired) electrons. The molecular formula is C14H20O3. The standard InChI is InChI=1S/C14H20O3/c1-4-17-14(16)11-9-7-5-6-8-10-13(15)12(2)3/h8-11H,2,4-7H2,1,3H3/b10-8+,11-9+. The molecule has 0 atom stereocenters. The van der Waals surface area contributed by atoms with Crippen molar-refractivity contribution < 1.29 is 14.3 Å². The highest BCUT2D eigenvalue weighted by Gasteiger charge is 1.94. The zero-order valence-corrected chi connectivity index (χ0v) is 10.6. The van der Waals surface area contributed by atoms with E-state index >= 15 is 0 Å². The first kappa shape index (κ1) is 15.4. The molecule has 0 spiro atoms. The van der Waals surface area contributed by atoms with Gasteiger partial charge in [-0.25, -0.2) is 4.79 Å². The molecule has 0 rings (SSSR count). The third kappa shape index (κ3) is 9.30. The summed E-state index contributed by atoms with van der Waals surface area (Å²) in [5.74, 6) is -0.340. The molecule has 3 heteroatoms. The van der Waals surface area contributed by atoms with Gasteiger partial charge in [-0.3, -0.25) is 4.79 Å². The number of hydrogen-bond acceptors (Lipinski definition) is 3. The van der Waals surface area contributed by atoms with Gasteiger partial charge in [-0.05, 0) is 44.8 Å². The number of rotatable bonds is 8. The van der Waals surface area contributed by atoms with E-state index in [-0.39, 0.29) is 11.8 Å². The minimum Gasteiger partial charge on any atom is -0.463 e. The maximum absolute atomic E-state index is 11.1. The monoisotopic (exact) mass is 236 g/mol. The predicted octanol–water partition coefficient (Wildman–Crippen LogP) is 2.98. The highest BCUT2D eigenvalue weighted by molar-refractivity contribution is 6.02. The topological polar surface area (TPSA) is 43.4 Å². The summed E-state index contributed by atoms with van der Waals surface area (Å²) in [5, 5.41) is 0. The summed E-state index contributed by atoms with van der Waals surface area (Å²) in [6.07, 6.45) is 9.09. The van der Waals surface area contributed by atoms with Gasteiger partial charge in [0.15, 0.2) is 5.78 Å². The zero-order chi connectivity index (χ0) is 13.1. The van der Waals surface area contributed by atoms with E-state index in [4.69, 9.17) is 4.74 Å². The molecule has 0 amide bonds. The molecule has 0 saturated carbocycles. The quantitative estimate of drug-likeness (QED) is 0.369. The maximum atomic E-state index is 11.1. The summed E-state index contributed by atoms with van der Waals surface area (Å²) < 4.78 is 4.73. The van der Waals surface area contributed by atoms with E-state index in [2.05, 4.69) is 6.58 Å². The molecule has 0 aliphatic heterocycles. The molecule has 94 valence electrons. The smallest absolute Gasteiger partial charge is 0.330 e. The van der Waals surface area contributed by atoms with Crippen LogP contribution >= 0.6 is 0 Å². The first-order valence-corrected chi connectivity index (χ1v) is 5.77. The van der Waals surface area contributed by atoms with Gasteiger partial charge in [0.1, 0.15) is 0 Å². The largest absolute Gasteiger partial charge is 0.463 e. The fourth-order valence-corrected chi connectivity index (χ4v) is 1.06. The Kier molecular flexibility index (Phi) is 8.65. The summed E-state index contributed by atoms with van der Waals surface area (Å²) in [5.41, 5.74) is 0.545. The van der Waals surface area contributed by atoms with Gasteiger partial charge in [0.05, 0.1) is 6.61 Å². The number of ether oxygens (including phenoxy) is 1. The van der Waals surface area contributed by atoms with E-state index in [1.54, 1.807) is 19.9 Å². The van der Waals surface area contributed by atoms with Crippen molar-refractivity contribution in [1.29, 1.82) is 0 Å². The van der Waals surface area contributed by atoms with Crippen molar-refractivity contribution in [3.8, 4) is 0 Å². The number of esters is 1. The molecule has 0 N–H and O–H groups in total. The third-order valence-corrected chi connectivity index (χ3v) is 1.97. The van der Waals surface area contributed by atoms with Gasteiger partial charge in [0, 0.05) is 6.08 Å². The second-order valence-electron chi connectivity index (χ2n) is 3.63. The van der Waals surface area contributed by atoms with Gasteiger partial charge >= 0.3 is 5.97 Å². The van der Waals surface area contributed by atoms with Gasteiger partial charge in [-0.15, -0.1) is 0 Å². The van der Waals surface area contributed by atoms with E-state index in [1.807, 2.05) is 6.08 Å². The van der Waals surface area contributed by atoms with Crippen LogP contribution in [0.15, 0.2) is 36.5 Å². The van der Waals surface area contributed by atoms with Crippen molar-refractivity contribution in [3.63, 3.8) is 0 Å². The van der Waals surface area contributed by atoms with Crippen LogP contribution in [0.3, 0.4) is 0 Å². The third-order valence-electron chi connectivity index (χ3n) is 1.97. The fourth-order valence-electron chi connectivity index (χ4n) is 1.06. The lowest BCUT2D eigenvalue weighted by Gasteiger charge is -1.94. The SMILES string of the molecule is C=C(C)C(=O)/C=C/CCC/C=C/C(=O)OCC. The molecule has 0 bridgehead atoms. The Morgan fingerprint density at radius 2 is 1.76 bits per heavy atom. The number of unbranched alkanes of at least 4 members (excludes halogenated alkanes) is 2. The van der Waals surface area contributed by atoms with Gasteiger partial charge in [0.2, 0.25) is 0 Å². The highest BCUT2D eigenvalue weighted by atomic mass is 16.5. The molecule has 0 unspecified atom stereocenters. The molecular weight excluding hydrogens is 216 g/mol. The average molecular weight is 236 g/mol. The Balaban J connectivity index is 3.62. The minimum absolute atomic E-state index is 0.0351. The van der Waals surface area contributed by atoms with Crippen LogP contribution in [-0.2, 0) is 14.3 Å². The van der Waals surface area contributed by atoms with Crippen LogP contribution in [0.2, 0.25) is 0 Å². The van der Waals surface area contributed by atoms with Crippen molar-refractivity contribution in [1.82, 2.24) is 0 Å². The van der Waals surface area contributed by atoms with Crippen LogP contribution in [0.5, 0.6) is 0 Å². The van der Waals surface area contributed by atoms with Crippen LogP contribution in [0, 0.1) is 0 Å². The van der Waals surface area contributed by atoms with Crippen molar-refractivity contribution in [3.05, 3.63) is 36.5 Å². The number of hydrogen-bond donors (Lipinski definition) is 0. The van der Waals surface area contributed by atoms with E-state index in [1.165, 1.54) is 12.2 Å². The number of carbonyl (C=O) groups excluding carboxylic acids is 2. The Bertz CT molecular complexity index is 324. The molecule has 3 nitrogen and oxygen atoms in total. The van der Waals surface area contributed by atoms with E-state index in [9.17, 15) is 9.59 Å². The lowest BCUT2D eigenvalue weighted by atomic mass is 10.1. The van der Waals surface area contributed by atoms with Crippen LogP contribution in [0.1, 0.15) is 33.1 Å². The fraction of sp³-hybridized carbons (Fsp3) is 0.429. The summed E-state index contributed by atoms with van der Waals surface area (Å²) >= 11 is 0. The van der Waals surface area contributed by atoms with Crippen molar-refractivity contribution >= 4 is 11.8 Å². The first-order chi connectivity index (χ1) is 8.07.